The van der Waals surface area contributed by atoms with Gasteiger partial charge in [-0.15, -0.1) is 0 Å². The van der Waals surface area contributed by atoms with Gasteiger partial charge in [0.1, 0.15) is 6.10 Å². The van der Waals surface area contributed by atoms with Gasteiger partial charge in [0.15, 0.2) is 0 Å². The molecule has 1 atom stereocenters. The van der Waals surface area contributed by atoms with Crippen LogP contribution < -0.4 is 0 Å². The van der Waals surface area contributed by atoms with Crippen LogP contribution in [0.2, 0.25) is 0 Å². The Morgan fingerprint density at radius 2 is 2.30 bits per heavy atom. The quantitative estimate of drug-likeness (QED) is 0.559. The zero-order chi connectivity index (χ0) is 7.03. The van der Waals surface area contributed by atoms with Crippen molar-refractivity contribution in [2.24, 2.45) is 0 Å². The van der Waals surface area contributed by atoms with E-state index in [0.717, 1.165) is 12.8 Å². The van der Waals surface area contributed by atoms with Crippen molar-refractivity contribution in [3.63, 3.8) is 0 Å². The SMILES string of the molecule is OCC1COC2(CC2)CO1. The molecule has 0 aromatic rings. The molecule has 1 saturated carbocycles. The molecule has 1 saturated heterocycles. The monoisotopic (exact) mass is 144 g/mol. The molecule has 1 N–H and O–H groups in total. The normalized spacial score (nSPS) is 36.3. The van der Waals surface area contributed by atoms with Gasteiger partial charge in [0, 0.05) is 0 Å². The minimum Gasteiger partial charge on any atom is -0.394 e. The molecule has 1 heterocycles. The highest BCUT2D eigenvalue weighted by Crippen LogP contribution is 2.41. The number of aliphatic hydroxyl groups is 1. The molecule has 2 rings (SSSR count). The standard InChI is InChI=1S/C7H12O3/c8-3-6-4-10-7(1-2-7)5-9-6/h6,8H,1-5H2. The molecular formula is C7H12O3. The topological polar surface area (TPSA) is 38.7 Å². The van der Waals surface area contributed by atoms with Gasteiger partial charge in [0.05, 0.1) is 25.4 Å². The van der Waals surface area contributed by atoms with Gasteiger partial charge in [-0.05, 0) is 12.8 Å². The Balaban J connectivity index is 1.84. The van der Waals surface area contributed by atoms with E-state index in [9.17, 15) is 0 Å². The lowest BCUT2D eigenvalue weighted by molar-refractivity contribution is -0.157. The van der Waals surface area contributed by atoms with Crippen LogP contribution in [0.5, 0.6) is 0 Å². The average Bonchev–Trinajstić information content (AvgIpc) is 2.72. The number of ether oxygens (including phenoxy) is 2. The summed E-state index contributed by atoms with van der Waals surface area (Å²) in [5.74, 6) is 0. The first kappa shape index (κ1) is 6.58. The maximum absolute atomic E-state index is 8.68. The van der Waals surface area contributed by atoms with E-state index in [1.54, 1.807) is 0 Å². The molecule has 3 heteroatoms. The summed E-state index contributed by atoms with van der Waals surface area (Å²) in [4.78, 5) is 0. The van der Waals surface area contributed by atoms with E-state index in [1.165, 1.54) is 0 Å². The van der Waals surface area contributed by atoms with E-state index >= 15 is 0 Å². The van der Waals surface area contributed by atoms with Crippen LogP contribution in [0, 0.1) is 0 Å². The van der Waals surface area contributed by atoms with Gasteiger partial charge in [-0.2, -0.15) is 0 Å². The molecule has 0 amide bonds. The van der Waals surface area contributed by atoms with Crippen molar-refractivity contribution in [3.8, 4) is 0 Å². The predicted molar refractivity (Wildman–Crippen MR) is 34.7 cm³/mol. The summed E-state index contributed by atoms with van der Waals surface area (Å²) in [5.41, 5.74) is 0.0751. The number of hydrogen-bond acceptors (Lipinski definition) is 3. The molecule has 0 aromatic heterocycles. The molecule has 1 spiro atoms. The second-order valence-corrected chi connectivity index (χ2v) is 3.11. The first-order chi connectivity index (χ1) is 4.85. The molecule has 3 nitrogen and oxygen atoms in total. The molecule has 0 radical (unpaired) electrons. The fraction of sp³-hybridized carbons (Fsp3) is 1.00. The zero-order valence-electron chi connectivity index (χ0n) is 5.88. The number of aliphatic hydroxyl groups excluding tert-OH is 1. The summed E-state index contributed by atoms with van der Waals surface area (Å²) in [5, 5.41) is 8.68. The first-order valence-corrected chi connectivity index (χ1v) is 3.71. The molecular weight excluding hydrogens is 132 g/mol. The molecule has 2 aliphatic rings. The van der Waals surface area contributed by atoms with Crippen LogP contribution >= 0.6 is 0 Å². The molecule has 2 fully saturated rings. The lowest BCUT2D eigenvalue weighted by Crippen LogP contribution is -2.38. The van der Waals surface area contributed by atoms with E-state index in [0.29, 0.717) is 13.2 Å². The largest absolute Gasteiger partial charge is 0.394 e. The van der Waals surface area contributed by atoms with Crippen molar-refractivity contribution in [2.75, 3.05) is 19.8 Å². The van der Waals surface area contributed by atoms with Gasteiger partial charge in [-0.1, -0.05) is 0 Å². The number of hydrogen-bond donors (Lipinski definition) is 1. The smallest absolute Gasteiger partial charge is 0.104 e. The van der Waals surface area contributed by atoms with Gasteiger partial charge in [0.2, 0.25) is 0 Å². The van der Waals surface area contributed by atoms with Crippen LogP contribution in [-0.4, -0.2) is 36.6 Å². The Morgan fingerprint density at radius 3 is 2.70 bits per heavy atom. The maximum Gasteiger partial charge on any atom is 0.104 e. The van der Waals surface area contributed by atoms with E-state index < -0.39 is 0 Å². The van der Waals surface area contributed by atoms with Crippen LogP contribution in [0.15, 0.2) is 0 Å². The Labute approximate surface area is 59.9 Å². The molecule has 1 aliphatic heterocycles. The van der Waals surface area contributed by atoms with Crippen molar-refractivity contribution in [3.05, 3.63) is 0 Å². The van der Waals surface area contributed by atoms with Gasteiger partial charge in [-0.25, -0.2) is 0 Å². The average molecular weight is 144 g/mol. The van der Waals surface area contributed by atoms with Crippen LogP contribution in [0.4, 0.5) is 0 Å². The third kappa shape index (κ3) is 1.05. The Kier molecular flexibility index (Phi) is 1.44. The number of rotatable bonds is 1. The maximum atomic E-state index is 8.68. The fourth-order valence-electron chi connectivity index (χ4n) is 1.16. The van der Waals surface area contributed by atoms with Gasteiger partial charge in [0.25, 0.3) is 0 Å². The Bertz CT molecular complexity index is 121. The minimum atomic E-state index is -0.0776. The summed E-state index contributed by atoms with van der Waals surface area (Å²) in [6.45, 7) is 1.32. The van der Waals surface area contributed by atoms with Crippen LogP contribution in [-0.2, 0) is 9.47 Å². The highest BCUT2D eigenvalue weighted by atomic mass is 16.6. The third-order valence-corrected chi connectivity index (χ3v) is 2.17. The second kappa shape index (κ2) is 2.19. The summed E-state index contributed by atoms with van der Waals surface area (Å²) in [7, 11) is 0. The molecule has 1 unspecified atom stereocenters. The summed E-state index contributed by atoms with van der Waals surface area (Å²) in [6.07, 6.45) is 2.18. The van der Waals surface area contributed by atoms with Crippen molar-refractivity contribution in [2.45, 2.75) is 24.5 Å². The summed E-state index contributed by atoms with van der Waals surface area (Å²) in [6, 6.07) is 0. The van der Waals surface area contributed by atoms with E-state index in [1.807, 2.05) is 0 Å². The third-order valence-electron chi connectivity index (χ3n) is 2.17. The molecule has 0 bridgehead atoms. The van der Waals surface area contributed by atoms with E-state index in [4.69, 9.17) is 14.6 Å². The van der Waals surface area contributed by atoms with Crippen LogP contribution in [0.3, 0.4) is 0 Å². The lowest BCUT2D eigenvalue weighted by Gasteiger charge is -2.28. The predicted octanol–water partition coefficient (Wildman–Crippen LogP) is -0.0733. The summed E-state index contributed by atoms with van der Waals surface area (Å²) >= 11 is 0. The van der Waals surface area contributed by atoms with Crippen LogP contribution in [0.25, 0.3) is 0 Å². The van der Waals surface area contributed by atoms with Crippen molar-refractivity contribution >= 4 is 0 Å². The van der Waals surface area contributed by atoms with Gasteiger partial charge >= 0.3 is 0 Å². The van der Waals surface area contributed by atoms with E-state index in [2.05, 4.69) is 0 Å². The van der Waals surface area contributed by atoms with Crippen molar-refractivity contribution in [1.29, 1.82) is 0 Å². The highest BCUT2D eigenvalue weighted by molar-refractivity contribution is 4.97. The Morgan fingerprint density at radius 1 is 1.50 bits per heavy atom. The van der Waals surface area contributed by atoms with Gasteiger partial charge in [-0.3, -0.25) is 0 Å². The summed E-state index contributed by atoms with van der Waals surface area (Å²) < 4.78 is 10.8. The first-order valence-electron chi connectivity index (χ1n) is 3.71. The molecule has 0 aromatic carbocycles. The molecule has 58 valence electrons. The van der Waals surface area contributed by atoms with Gasteiger partial charge < -0.3 is 14.6 Å². The molecule has 10 heavy (non-hydrogen) atoms. The van der Waals surface area contributed by atoms with E-state index in [-0.39, 0.29) is 18.3 Å². The second-order valence-electron chi connectivity index (χ2n) is 3.11. The lowest BCUT2D eigenvalue weighted by atomic mass is 10.3. The molecule has 1 aliphatic carbocycles. The van der Waals surface area contributed by atoms with Crippen LogP contribution in [0.1, 0.15) is 12.8 Å². The minimum absolute atomic E-state index is 0.0751. The zero-order valence-corrected chi connectivity index (χ0v) is 5.88. The fourth-order valence-corrected chi connectivity index (χ4v) is 1.16. The van der Waals surface area contributed by atoms with Crippen molar-refractivity contribution in [1.82, 2.24) is 0 Å². The Hall–Kier alpha value is -0.120. The van der Waals surface area contributed by atoms with Crippen molar-refractivity contribution < 1.29 is 14.6 Å². The highest BCUT2D eigenvalue weighted by Gasteiger charge is 2.47.